The molecule has 1 aliphatic rings. The van der Waals surface area contributed by atoms with E-state index in [1.54, 1.807) is 6.20 Å². The lowest BCUT2D eigenvalue weighted by Gasteiger charge is -2.15. The maximum Gasteiger partial charge on any atom is 0.159 e. The van der Waals surface area contributed by atoms with Gasteiger partial charge in [-0.3, -0.25) is 20.0 Å². The number of hydrogen-bond acceptors (Lipinski definition) is 7. The van der Waals surface area contributed by atoms with E-state index >= 15 is 0 Å². The Morgan fingerprint density at radius 1 is 0.812 bits per heavy atom. The van der Waals surface area contributed by atoms with Gasteiger partial charge in [-0.1, -0.05) is 36.4 Å². The van der Waals surface area contributed by atoms with E-state index in [-0.39, 0.29) is 5.82 Å². The molecule has 10 heteroatoms. The van der Waals surface area contributed by atoms with Gasteiger partial charge >= 0.3 is 0 Å². The van der Waals surface area contributed by atoms with Crippen molar-refractivity contribution in [3.63, 3.8) is 0 Å². The molecular formula is C38H35FN8O. The van der Waals surface area contributed by atoms with Crippen molar-refractivity contribution in [1.82, 2.24) is 40.3 Å². The van der Waals surface area contributed by atoms with Gasteiger partial charge in [0, 0.05) is 60.8 Å². The number of pyridine rings is 2. The van der Waals surface area contributed by atoms with E-state index in [0.717, 1.165) is 59.3 Å². The topological polar surface area (TPSA) is 108 Å². The molecular weight excluding hydrogens is 603 g/mol. The highest BCUT2D eigenvalue weighted by molar-refractivity contribution is 5.97. The Morgan fingerprint density at radius 2 is 1.69 bits per heavy atom. The molecule has 1 aliphatic heterocycles. The number of aromatic nitrogens is 6. The minimum atomic E-state index is -0.380. The van der Waals surface area contributed by atoms with Crippen LogP contribution in [-0.4, -0.2) is 61.3 Å². The number of hydrogen-bond donors (Lipinski definition) is 3. The van der Waals surface area contributed by atoms with Crippen LogP contribution in [0.25, 0.3) is 55.8 Å². The first-order valence-electron chi connectivity index (χ1n) is 16.3. The standard InChI is InChI=1S/C38H35FN8O/c39-30-17-28(18-31(20-30)48-15-14-47-12-4-5-13-47)35-37-34(10-11-42-35)43-38(44-37)36-32-19-27(8-9-33(32)45-46-36)29-16-26(23-41-24-29)22-40-21-25-6-2-1-3-7-25/h1-3,6-11,16-20,23-24,40H,4-5,12-15,21-22H2,(H,43,44)(H,45,46). The first-order valence-corrected chi connectivity index (χ1v) is 16.3. The number of likely N-dealkylation sites (tertiary alicyclic amines) is 1. The Balaban J connectivity index is 1.05. The van der Waals surface area contributed by atoms with E-state index in [9.17, 15) is 4.39 Å². The van der Waals surface area contributed by atoms with Crippen molar-refractivity contribution in [2.45, 2.75) is 25.9 Å². The minimum absolute atomic E-state index is 0.380. The number of ether oxygens (including phenoxy) is 1. The predicted octanol–water partition coefficient (Wildman–Crippen LogP) is 7.13. The number of nitrogens with one attached hydrogen (secondary N) is 3. The van der Waals surface area contributed by atoms with Crippen molar-refractivity contribution in [3.05, 3.63) is 114 Å². The summed E-state index contributed by atoms with van der Waals surface area (Å²) in [5.74, 6) is 0.697. The second kappa shape index (κ2) is 13.3. The van der Waals surface area contributed by atoms with Gasteiger partial charge in [0.1, 0.15) is 29.4 Å². The average molecular weight is 639 g/mol. The fraction of sp³-hybridized carbons (Fsp3) is 0.211. The van der Waals surface area contributed by atoms with Gasteiger partial charge in [-0.15, -0.1) is 0 Å². The van der Waals surface area contributed by atoms with Crippen LogP contribution < -0.4 is 10.1 Å². The summed E-state index contributed by atoms with van der Waals surface area (Å²) in [6, 6.07) is 25.3. The number of fused-ring (bicyclic) bond motifs is 2. The van der Waals surface area contributed by atoms with Gasteiger partial charge in [0.2, 0.25) is 0 Å². The van der Waals surface area contributed by atoms with Crippen molar-refractivity contribution < 1.29 is 9.13 Å². The number of imidazole rings is 1. The van der Waals surface area contributed by atoms with Crippen LogP contribution in [0.5, 0.6) is 5.75 Å². The molecule has 0 radical (unpaired) electrons. The third kappa shape index (κ3) is 6.40. The van der Waals surface area contributed by atoms with Crippen molar-refractivity contribution in [1.29, 1.82) is 0 Å². The maximum atomic E-state index is 14.8. The molecule has 3 N–H and O–H groups in total. The number of halogens is 1. The van der Waals surface area contributed by atoms with Crippen molar-refractivity contribution in [3.8, 4) is 39.7 Å². The van der Waals surface area contributed by atoms with E-state index in [0.29, 0.717) is 47.2 Å². The summed E-state index contributed by atoms with van der Waals surface area (Å²) < 4.78 is 20.8. The number of nitrogens with zero attached hydrogens (tertiary/aromatic N) is 5. The molecule has 0 amide bonds. The third-order valence-electron chi connectivity index (χ3n) is 8.84. The molecule has 0 unspecified atom stereocenters. The molecule has 0 atom stereocenters. The molecule has 0 aliphatic carbocycles. The lowest BCUT2D eigenvalue weighted by molar-refractivity contribution is 0.237. The molecule has 1 fully saturated rings. The average Bonchev–Trinajstić information content (AvgIpc) is 3.88. The zero-order valence-electron chi connectivity index (χ0n) is 26.4. The Hall–Kier alpha value is -5.45. The van der Waals surface area contributed by atoms with Gasteiger partial charge in [0.15, 0.2) is 5.82 Å². The lowest BCUT2D eigenvalue weighted by Crippen LogP contribution is -2.25. The molecule has 8 rings (SSSR count). The van der Waals surface area contributed by atoms with Gasteiger partial charge in [0.25, 0.3) is 0 Å². The summed E-state index contributed by atoms with van der Waals surface area (Å²) in [6.45, 7) is 5.02. The van der Waals surface area contributed by atoms with E-state index in [1.807, 2.05) is 48.8 Å². The fourth-order valence-electron chi connectivity index (χ4n) is 6.40. The molecule has 9 nitrogen and oxygen atoms in total. The number of aromatic amines is 2. The van der Waals surface area contributed by atoms with Crippen LogP contribution in [0.1, 0.15) is 24.0 Å². The maximum absolute atomic E-state index is 14.8. The number of H-pyrrole nitrogens is 2. The molecule has 0 bridgehead atoms. The van der Waals surface area contributed by atoms with Crippen LogP contribution in [0.2, 0.25) is 0 Å². The summed E-state index contributed by atoms with van der Waals surface area (Å²) in [4.78, 5) is 19.9. The van der Waals surface area contributed by atoms with Crippen LogP contribution in [0, 0.1) is 5.82 Å². The number of benzene rings is 3. The second-order valence-electron chi connectivity index (χ2n) is 12.2. The van der Waals surface area contributed by atoms with Crippen LogP contribution >= 0.6 is 0 Å². The summed E-state index contributed by atoms with van der Waals surface area (Å²) in [5, 5.41) is 12.2. The molecule has 0 spiro atoms. The van der Waals surface area contributed by atoms with Gasteiger partial charge < -0.3 is 15.0 Å². The van der Waals surface area contributed by atoms with Crippen LogP contribution in [0.15, 0.2) is 97.5 Å². The summed E-state index contributed by atoms with van der Waals surface area (Å²) in [5.41, 5.74) is 8.56. The summed E-state index contributed by atoms with van der Waals surface area (Å²) in [7, 11) is 0. The largest absolute Gasteiger partial charge is 0.492 e. The first-order chi connectivity index (χ1) is 23.7. The third-order valence-corrected chi connectivity index (χ3v) is 8.84. The Bertz CT molecular complexity index is 2190. The van der Waals surface area contributed by atoms with Crippen LogP contribution in [0.4, 0.5) is 4.39 Å². The van der Waals surface area contributed by atoms with Gasteiger partial charge in [-0.2, -0.15) is 5.10 Å². The Labute approximate surface area is 277 Å². The zero-order chi connectivity index (χ0) is 32.3. The highest BCUT2D eigenvalue weighted by Crippen LogP contribution is 2.33. The van der Waals surface area contributed by atoms with E-state index in [2.05, 4.69) is 65.7 Å². The van der Waals surface area contributed by atoms with E-state index in [4.69, 9.17) is 9.72 Å². The highest BCUT2D eigenvalue weighted by atomic mass is 19.1. The quantitative estimate of drug-likeness (QED) is 0.138. The predicted molar refractivity (Wildman–Crippen MR) is 186 cm³/mol. The monoisotopic (exact) mass is 638 g/mol. The van der Waals surface area contributed by atoms with Crippen molar-refractivity contribution in [2.75, 3.05) is 26.2 Å². The SMILES string of the molecule is Fc1cc(OCCN2CCCC2)cc(-c2nccc3[nH]c(-c4n[nH]c5ccc(-c6cncc(CNCc7ccccc7)c6)cc45)nc23)c1. The molecule has 48 heavy (non-hydrogen) atoms. The molecule has 3 aromatic carbocycles. The molecule has 0 saturated carbocycles. The summed E-state index contributed by atoms with van der Waals surface area (Å²) >= 11 is 0. The van der Waals surface area contributed by atoms with E-state index < -0.39 is 0 Å². The van der Waals surface area contributed by atoms with Crippen LogP contribution in [-0.2, 0) is 13.1 Å². The smallest absolute Gasteiger partial charge is 0.159 e. The Morgan fingerprint density at radius 3 is 2.58 bits per heavy atom. The normalized spacial score (nSPS) is 13.5. The first kappa shape index (κ1) is 29.9. The highest BCUT2D eigenvalue weighted by Gasteiger charge is 2.18. The van der Waals surface area contributed by atoms with Crippen molar-refractivity contribution >= 4 is 21.9 Å². The molecule has 7 aromatic rings. The molecule has 5 heterocycles. The minimum Gasteiger partial charge on any atom is -0.492 e. The van der Waals surface area contributed by atoms with Gasteiger partial charge in [-0.25, -0.2) is 9.37 Å². The van der Waals surface area contributed by atoms with Crippen molar-refractivity contribution in [2.24, 2.45) is 0 Å². The second-order valence-corrected chi connectivity index (χ2v) is 12.2. The Kier molecular flexibility index (Phi) is 8.32. The van der Waals surface area contributed by atoms with Gasteiger partial charge in [-0.05, 0) is 79.0 Å². The number of rotatable bonds is 11. The molecule has 1 saturated heterocycles. The molecule has 4 aromatic heterocycles. The van der Waals surface area contributed by atoms with E-state index in [1.165, 1.54) is 30.5 Å². The lowest BCUT2D eigenvalue weighted by atomic mass is 10.0. The zero-order valence-corrected chi connectivity index (χ0v) is 26.4. The fourth-order valence-corrected chi connectivity index (χ4v) is 6.40. The van der Waals surface area contributed by atoms with Crippen LogP contribution in [0.3, 0.4) is 0 Å². The summed E-state index contributed by atoms with van der Waals surface area (Å²) in [6.07, 6.45) is 7.92. The van der Waals surface area contributed by atoms with Gasteiger partial charge in [0.05, 0.1) is 16.7 Å². The molecule has 240 valence electrons.